The zero-order chi connectivity index (χ0) is 13.9. The number of nitrogens with zero attached hydrogens (tertiary/aromatic N) is 2. The summed E-state index contributed by atoms with van der Waals surface area (Å²) in [5.74, 6) is -2.32. The molecule has 0 radical (unpaired) electrons. The van der Waals surface area contributed by atoms with Crippen molar-refractivity contribution in [1.82, 2.24) is 15.1 Å². The fourth-order valence-electron chi connectivity index (χ4n) is 1.50. The van der Waals surface area contributed by atoms with Crippen LogP contribution in [-0.2, 0) is 14.4 Å². The van der Waals surface area contributed by atoms with Crippen molar-refractivity contribution in [2.24, 2.45) is 5.73 Å². The molecule has 1 atom stereocenters. The number of primary amides is 1. The quantitative estimate of drug-likeness (QED) is 0.583. The van der Waals surface area contributed by atoms with Crippen molar-refractivity contribution in [2.45, 2.75) is 19.9 Å². The van der Waals surface area contributed by atoms with Crippen LogP contribution in [0.25, 0.3) is 0 Å². The van der Waals surface area contributed by atoms with Gasteiger partial charge in [0.25, 0.3) is 0 Å². The molecule has 5 amide bonds. The van der Waals surface area contributed by atoms with Gasteiger partial charge in [0.15, 0.2) is 0 Å². The van der Waals surface area contributed by atoms with Gasteiger partial charge in [-0.25, -0.2) is 4.79 Å². The summed E-state index contributed by atoms with van der Waals surface area (Å²) < 4.78 is 0. The summed E-state index contributed by atoms with van der Waals surface area (Å²) in [6.07, 6.45) is 0. The number of piperazine rings is 1. The number of carbonyl (C=O) groups is 4. The van der Waals surface area contributed by atoms with Crippen molar-refractivity contribution in [3.05, 3.63) is 0 Å². The molecule has 1 fully saturated rings. The van der Waals surface area contributed by atoms with Crippen molar-refractivity contribution in [3.8, 4) is 0 Å². The number of rotatable bonds is 3. The maximum Gasteiger partial charge on any atom is 0.325 e. The average molecular weight is 256 g/mol. The van der Waals surface area contributed by atoms with Crippen LogP contribution >= 0.6 is 0 Å². The molecule has 0 aliphatic carbocycles. The van der Waals surface area contributed by atoms with E-state index in [9.17, 15) is 19.2 Å². The first-order valence-electron chi connectivity index (χ1n) is 5.59. The van der Waals surface area contributed by atoms with E-state index in [1.165, 1.54) is 11.8 Å². The number of nitrogens with two attached hydrogens (primary N) is 1. The van der Waals surface area contributed by atoms with Crippen LogP contribution in [0.5, 0.6) is 0 Å². The van der Waals surface area contributed by atoms with Gasteiger partial charge in [-0.05, 0) is 13.8 Å². The Labute approximate surface area is 104 Å². The summed E-state index contributed by atoms with van der Waals surface area (Å²) in [5, 5.41) is 2.25. The Balaban J connectivity index is 2.68. The molecule has 1 saturated heterocycles. The Hall–Kier alpha value is -2.12. The van der Waals surface area contributed by atoms with E-state index >= 15 is 0 Å². The Kier molecular flexibility index (Phi) is 4.24. The first-order chi connectivity index (χ1) is 8.38. The lowest BCUT2D eigenvalue weighted by Gasteiger charge is -2.32. The molecule has 0 unspecified atom stereocenters. The van der Waals surface area contributed by atoms with Crippen LogP contribution < -0.4 is 11.1 Å². The highest BCUT2D eigenvalue weighted by atomic mass is 16.2. The van der Waals surface area contributed by atoms with Gasteiger partial charge in [-0.15, -0.1) is 0 Å². The third-order valence-corrected chi connectivity index (χ3v) is 2.70. The van der Waals surface area contributed by atoms with E-state index in [0.29, 0.717) is 13.1 Å². The van der Waals surface area contributed by atoms with E-state index in [1.807, 2.05) is 0 Å². The predicted octanol–water partition coefficient (Wildman–Crippen LogP) is -1.74. The number of nitrogens with one attached hydrogen (secondary N) is 1. The van der Waals surface area contributed by atoms with E-state index < -0.39 is 29.8 Å². The maximum atomic E-state index is 11.7. The second kappa shape index (κ2) is 5.48. The summed E-state index contributed by atoms with van der Waals surface area (Å²) >= 11 is 0. The fraction of sp³-hybridized carbons (Fsp3) is 0.600. The van der Waals surface area contributed by atoms with Crippen molar-refractivity contribution < 1.29 is 19.2 Å². The summed E-state index contributed by atoms with van der Waals surface area (Å²) in [4.78, 5) is 47.8. The molecule has 0 bridgehead atoms. The molecular weight excluding hydrogens is 240 g/mol. The highest BCUT2D eigenvalue weighted by molar-refractivity contribution is 6.38. The first kappa shape index (κ1) is 13.9. The van der Waals surface area contributed by atoms with Gasteiger partial charge in [0, 0.05) is 19.6 Å². The van der Waals surface area contributed by atoms with Crippen LogP contribution in [0, 0.1) is 0 Å². The molecule has 0 aromatic rings. The predicted molar refractivity (Wildman–Crippen MR) is 61.2 cm³/mol. The second-order valence-electron chi connectivity index (χ2n) is 3.92. The van der Waals surface area contributed by atoms with Crippen molar-refractivity contribution in [2.75, 3.05) is 19.6 Å². The van der Waals surface area contributed by atoms with Crippen LogP contribution in [0.2, 0.25) is 0 Å². The average Bonchev–Trinajstić information content (AvgIpc) is 2.32. The van der Waals surface area contributed by atoms with Crippen LogP contribution in [0.3, 0.4) is 0 Å². The summed E-state index contributed by atoms with van der Waals surface area (Å²) in [6, 6.07) is -1.68. The molecule has 0 aromatic heterocycles. The topological polar surface area (TPSA) is 113 Å². The summed E-state index contributed by atoms with van der Waals surface area (Å²) in [5.41, 5.74) is 4.99. The number of likely N-dealkylation sites (N-methyl/N-ethyl adjacent to an activating group) is 1. The lowest BCUT2D eigenvalue weighted by Crippen LogP contribution is -2.59. The summed E-state index contributed by atoms with van der Waals surface area (Å²) in [7, 11) is 0. The Bertz CT molecular complexity index is 395. The molecule has 100 valence electrons. The molecule has 1 aliphatic rings. The minimum absolute atomic E-state index is 0.107. The molecule has 1 heterocycles. The first-order valence-corrected chi connectivity index (χ1v) is 5.59. The van der Waals surface area contributed by atoms with Crippen LogP contribution in [0.4, 0.5) is 4.79 Å². The number of amides is 5. The molecular formula is C10H16N4O4. The standard InChI is InChI=1S/C10H16N4O4/c1-3-13-4-5-14(9(17)8(13)16)10(18)12-6(2)7(11)15/h6H,3-5H2,1-2H3,(H2,11,15)(H,12,18)/t6-/m0/s1. The minimum Gasteiger partial charge on any atom is -0.368 e. The van der Waals surface area contributed by atoms with Gasteiger partial charge >= 0.3 is 17.8 Å². The SMILES string of the molecule is CCN1CCN(C(=O)N[C@@H](C)C(N)=O)C(=O)C1=O. The Morgan fingerprint density at radius 1 is 1.33 bits per heavy atom. The van der Waals surface area contributed by atoms with Gasteiger partial charge in [-0.1, -0.05) is 0 Å². The lowest BCUT2D eigenvalue weighted by molar-refractivity contribution is -0.153. The third-order valence-electron chi connectivity index (χ3n) is 2.70. The molecule has 0 spiro atoms. The largest absolute Gasteiger partial charge is 0.368 e. The molecule has 1 rings (SSSR count). The molecule has 18 heavy (non-hydrogen) atoms. The van der Waals surface area contributed by atoms with Gasteiger partial charge in [0.05, 0.1) is 0 Å². The number of hydrogen-bond donors (Lipinski definition) is 2. The van der Waals surface area contributed by atoms with Gasteiger partial charge in [-0.2, -0.15) is 0 Å². The zero-order valence-electron chi connectivity index (χ0n) is 10.3. The highest BCUT2D eigenvalue weighted by Crippen LogP contribution is 2.05. The van der Waals surface area contributed by atoms with E-state index in [2.05, 4.69) is 5.32 Å². The van der Waals surface area contributed by atoms with Crippen LogP contribution in [0.15, 0.2) is 0 Å². The van der Waals surface area contributed by atoms with Gasteiger partial charge in [0.2, 0.25) is 5.91 Å². The molecule has 3 N–H and O–H groups in total. The van der Waals surface area contributed by atoms with E-state index in [-0.39, 0.29) is 6.54 Å². The van der Waals surface area contributed by atoms with E-state index in [1.54, 1.807) is 6.92 Å². The highest BCUT2D eigenvalue weighted by Gasteiger charge is 2.35. The molecule has 1 aliphatic heterocycles. The minimum atomic E-state index is -0.899. The van der Waals surface area contributed by atoms with E-state index in [0.717, 1.165) is 4.90 Å². The number of imide groups is 1. The maximum absolute atomic E-state index is 11.7. The monoisotopic (exact) mass is 256 g/mol. The zero-order valence-corrected chi connectivity index (χ0v) is 10.3. The number of hydrogen-bond acceptors (Lipinski definition) is 4. The fourth-order valence-corrected chi connectivity index (χ4v) is 1.50. The van der Waals surface area contributed by atoms with Gasteiger partial charge in [-0.3, -0.25) is 19.3 Å². The van der Waals surface area contributed by atoms with Crippen LogP contribution in [-0.4, -0.2) is 59.2 Å². The Morgan fingerprint density at radius 3 is 2.44 bits per heavy atom. The van der Waals surface area contributed by atoms with Gasteiger partial charge in [0.1, 0.15) is 6.04 Å². The van der Waals surface area contributed by atoms with Gasteiger partial charge < -0.3 is 16.0 Å². The van der Waals surface area contributed by atoms with E-state index in [4.69, 9.17) is 5.73 Å². The normalized spacial score (nSPS) is 17.7. The number of carbonyl (C=O) groups excluding carboxylic acids is 4. The molecule has 0 saturated carbocycles. The third kappa shape index (κ3) is 2.76. The summed E-state index contributed by atoms with van der Waals surface area (Å²) in [6.45, 7) is 3.96. The second-order valence-corrected chi connectivity index (χ2v) is 3.92. The van der Waals surface area contributed by atoms with Crippen molar-refractivity contribution in [1.29, 1.82) is 0 Å². The van der Waals surface area contributed by atoms with Crippen molar-refractivity contribution >= 4 is 23.8 Å². The number of urea groups is 1. The van der Waals surface area contributed by atoms with Crippen LogP contribution in [0.1, 0.15) is 13.8 Å². The lowest BCUT2D eigenvalue weighted by atomic mass is 10.3. The smallest absolute Gasteiger partial charge is 0.325 e. The molecule has 0 aromatic carbocycles. The molecule has 8 nitrogen and oxygen atoms in total. The van der Waals surface area contributed by atoms with Crippen molar-refractivity contribution in [3.63, 3.8) is 0 Å². The molecule has 8 heteroatoms. The Morgan fingerprint density at radius 2 is 1.94 bits per heavy atom.